The van der Waals surface area contributed by atoms with E-state index in [1.54, 1.807) is 34.4 Å². The van der Waals surface area contributed by atoms with Crippen molar-refractivity contribution in [1.29, 1.82) is 0 Å². The highest BCUT2D eigenvalue weighted by atomic mass is 32.2. The SMILES string of the molecule is CCOCN(Sc1ccccn1)c1cccc(-c2ccc(-c3ccc4c(c3)CN(C)C4=O)s2)c1. The number of fused-ring (bicyclic) bond motifs is 1. The minimum absolute atomic E-state index is 0.102. The van der Waals surface area contributed by atoms with E-state index in [9.17, 15) is 4.79 Å². The zero-order valence-electron chi connectivity index (χ0n) is 19.1. The summed E-state index contributed by atoms with van der Waals surface area (Å²) in [5.41, 5.74) is 5.29. The molecule has 0 saturated carbocycles. The monoisotopic (exact) mass is 487 g/mol. The summed E-state index contributed by atoms with van der Waals surface area (Å²) in [5.74, 6) is 0.102. The predicted octanol–water partition coefficient (Wildman–Crippen LogP) is 6.57. The lowest BCUT2D eigenvalue weighted by molar-refractivity contribution is 0.0816. The Labute approximate surface area is 208 Å². The second-order valence-electron chi connectivity index (χ2n) is 8.01. The average Bonchev–Trinajstić information content (AvgIpc) is 3.47. The molecule has 0 bridgehead atoms. The van der Waals surface area contributed by atoms with Crippen molar-refractivity contribution in [2.75, 3.05) is 24.7 Å². The second-order valence-corrected chi connectivity index (χ2v) is 10.1. The van der Waals surface area contributed by atoms with E-state index in [0.29, 0.717) is 19.9 Å². The van der Waals surface area contributed by atoms with Crippen LogP contribution in [-0.4, -0.2) is 36.2 Å². The average molecular weight is 488 g/mol. The van der Waals surface area contributed by atoms with Gasteiger partial charge in [0.25, 0.3) is 5.91 Å². The number of ether oxygens (including phenoxy) is 1. The molecule has 0 unspecified atom stereocenters. The predicted molar refractivity (Wildman–Crippen MR) is 140 cm³/mol. The van der Waals surface area contributed by atoms with Gasteiger partial charge in [-0.3, -0.25) is 9.10 Å². The summed E-state index contributed by atoms with van der Waals surface area (Å²) in [6.45, 7) is 3.79. The van der Waals surface area contributed by atoms with Crippen molar-refractivity contribution < 1.29 is 9.53 Å². The van der Waals surface area contributed by atoms with Gasteiger partial charge in [0.2, 0.25) is 0 Å². The number of aromatic nitrogens is 1. The van der Waals surface area contributed by atoms with Crippen molar-refractivity contribution in [2.24, 2.45) is 0 Å². The number of hydrogen-bond acceptors (Lipinski definition) is 6. The number of thiophene rings is 1. The molecular formula is C27H25N3O2S2. The number of carbonyl (C=O) groups is 1. The van der Waals surface area contributed by atoms with Gasteiger partial charge >= 0.3 is 0 Å². The van der Waals surface area contributed by atoms with Crippen LogP contribution in [0.3, 0.4) is 0 Å². The molecule has 0 N–H and O–H groups in total. The van der Waals surface area contributed by atoms with Gasteiger partial charge in [0.05, 0.1) is 5.69 Å². The van der Waals surface area contributed by atoms with Crippen molar-refractivity contribution in [1.82, 2.24) is 9.88 Å². The molecule has 5 nitrogen and oxygen atoms in total. The molecule has 34 heavy (non-hydrogen) atoms. The molecular weight excluding hydrogens is 462 g/mol. The first-order valence-electron chi connectivity index (χ1n) is 11.2. The van der Waals surface area contributed by atoms with E-state index >= 15 is 0 Å². The second kappa shape index (κ2) is 10.0. The molecule has 2 aromatic carbocycles. The van der Waals surface area contributed by atoms with Crippen molar-refractivity contribution in [2.45, 2.75) is 18.5 Å². The summed E-state index contributed by atoms with van der Waals surface area (Å²) in [6, 6.07) is 24.9. The van der Waals surface area contributed by atoms with Crippen LogP contribution in [0.5, 0.6) is 0 Å². The summed E-state index contributed by atoms with van der Waals surface area (Å²) in [5, 5.41) is 0.923. The highest BCUT2D eigenvalue weighted by Crippen LogP contribution is 2.38. The van der Waals surface area contributed by atoms with Gasteiger partial charge in [0.1, 0.15) is 11.8 Å². The van der Waals surface area contributed by atoms with Gasteiger partial charge in [0.15, 0.2) is 0 Å². The lowest BCUT2D eigenvalue weighted by Gasteiger charge is -2.23. The molecule has 4 aromatic rings. The van der Waals surface area contributed by atoms with Crippen molar-refractivity contribution in [3.8, 4) is 20.9 Å². The number of carbonyl (C=O) groups excluding carboxylic acids is 1. The number of hydrogen-bond donors (Lipinski definition) is 0. The van der Waals surface area contributed by atoms with Crippen LogP contribution in [0.25, 0.3) is 20.9 Å². The van der Waals surface area contributed by atoms with Crippen LogP contribution in [-0.2, 0) is 11.3 Å². The number of anilines is 1. The highest BCUT2D eigenvalue weighted by Gasteiger charge is 2.24. The van der Waals surface area contributed by atoms with Gasteiger partial charge in [-0.05, 0) is 72.1 Å². The Balaban J connectivity index is 1.40. The molecule has 0 aliphatic carbocycles. The Morgan fingerprint density at radius 1 is 1.03 bits per heavy atom. The van der Waals surface area contributed by atoms with Gasteiger partial charge in [-0.15, -0.1) is 11.3 Å². The van der Waals surface area contributed by atoms with Gasteiger partial charge in [0, 0.05) is 53.7 Å². The Morgan fingerprint density at radius 2 is 1.85 bits per heavy atom. The Hall–Kier alpha value is -3.13. The van der Waals surface area contributed by atoms with Crippen LogP contribution >= 0.6 is 23.3 Å². The molecule has 1 amide bonds. The Kier molecular flexibility index (Phi) is 6.67. The Bertz CT molecular complexity index is 1310. The third kappa shape index (κ3) is 4.73. The number of amides is 1. The standard InChI is InChI=1S/C27H25N3O2S2/c1-3-32-18-30(34-26-9-4-5-14-28-26)22-8-6-7-19(16-22)24-12-13-25(33-24)20-10-11-23-21(15-20)17-29(2)27(23)31/h4-16H,3,17-18H2,1-2H3. The number of pyridine rings is 1. The van der Waals surface area contributed by atoms with Crippen LogP contribution in [0.2, 0.25) is 0 Å². The van der Waals surface area contributed by atoms with Crippen LogP contribution in [0.1, 0.15) is 22.8 Å². The number of rotatable bonds is 8. The van der Waals surface area contributed by atoms with Crippen LogP contribution in [0, 0.1) is 0 Å². The first kappa shape index (κ1) is 22.7. The lowest BCUT2D eigenvalue weighted by Crippen LogP contribution is -2.18. The Morgan fingerprint density at radius 3 is 2.62 bits per heavy atom. The molecule has 1 aliphatic rings. The van der Waals surface area contributed by atoms with E-state index in [0.717, 1.165) is 33.0 Å². The van der Waals surface area contributed by atoms with Gasteiger partial charge < -0.3 is 9.64 Å². The minimum Gasteiger partial charge on any atom is -0.360 e. The van der Waals surface area contributed by atoms with Gasteiger partial charge in [-0.2, -0.15) is 0 Å². The third-order valence-corrected chi connectivity index (χ3v) is 7.80. The fourth-order valence-electron chi connectivity index (χ4n) is 3.92. The fraction of sp³-hybridized carbons (Fsp3) is 0.185. The maximum Gasteiger partial charge on any atom is 0.254 e. The van der Waals surface area contributed by atoms with Gasteiger partial charge in [-0.1, -0.05) is 24.3 Å². The van der Waals surface area contributed by atoms with E-state index < -0.39 is 0 Å². The molecule has 5 rings (SSSR count). The molecule has 0 atom stereocenters. The lowest BCUT2D eigenvalue weighted by atomic mass is 10.1. The van der Waals surface area contributed by atoms with E-state index in [1.807, 2.05) is 38.2 Å². The summed E-state index contributed by atoms with van der Waals surface area (Å²) in [4.78, 5) is 20.8. The summed E-state index contributed by atoms with van der Waals surface area (Å²) in [7, 11) is 1.85. The van der Waals surface area contributed by atoms with Gasteiger partial charge in [-0.25, -0.2) is 4.98 Å². The normalized spacial score (nSPS) is 12.8. The van der Waals surface area contributed by atoms with Crippen LogP contribution in [0.4, 0.5) is 5.69 Å². The summed E-state index contributed by atoms with van der Waals surface area (Å²) < 4.78 is 7.86. The molecule has 0 spiro atoms. The summed E-state index contributed by atoms with van der Waals surface area (Å²) in [6.07, 6.45) is 1.80. The van der Waals surface area contributed by atoms with E-state index in [2.05, 4.69) is 57.8 Å². The molecule has 0 radical (unpaired) electrons. The first-order chi connectivity index (χ1) is 16.6. The van der Waals surface area contributed by atoms with E-state index in [-0.39, 0.29) is 5.91 Å². The maximum atomic E-state index is 12.2. The fourth-order valence-corrected chi connectivity index (χ4v) is 5.74. The van der Waals surface area contributed by atoms with Crippen LogP contribution in [0.15, 0.2) is 84.0 Å². The van der Waals surface area contributed by atoms with E-state index in [4.69, 9.17) is 4.74 Å². The van der Waals surface area contributed by atoms with E-state index in [1.165, 1.54) is 9.75 Å². The molecule has 7 heteroatoms. The molecule has 0 fully saturated rings. The largest absolute Gasteiger partial charge is 0.360 e. The summed E-state index contributed by atoms with van der Waals surface area (Å²) >= 11 is 3.33. The zero-order valence-corrected chi connectivity index (χ0v) is 20.7. The maximum absolute atomic E-state index is 12.2. The van der Waals surface area contributed by atoms with Crippen molar-refractivity contribution in [3.05, 3.63) is 90.1 Å². The quantitative estimate of drug-likeness (QED) is 0.208. The smallest absolute Gasteiger partial charge is 0.254 e. The van der Waals surface area contributed by atoms with Crippen LogP contribution < -0.4 is 4.31 Å². The molecule has 0 saturated heterocycles. The molecule has 172 valence electrons. The third-order valence-electron chi connectivity index (χ3n) is 5.65. The van der Waals surface area contributed by atoms with Crippen molar-refractivity contribution >= 4 is 34.9 Å². The molecule has 3 heterocycles. The minimum atomic E-state index is 0.102. The highest BCUT2D eigenvalue weighted by molar-refractivity contribution is 8.00. The zero-order chi connectivity index (χ0) is 23.5. The number of benzene rings is 2. The molecule has 2 aromatic heterocycles. The number of nitrogens with zero attached hydrogens (tertiary/aromatic N) is 3. The first-order valence-corrected chi connectivity index (χ1v) is 12.7. The van der Waals surface area contributed by atoms with Crippen molar-refractivity contribution in [3.63, 3.8) is 0 Å². The molecule has 1 aliphatic heterocycles. The topological polar surface area (TPSA) is 45.7 Å².